The minimum absolute atomic E-state index is 0.0325. The van der Waals surface area contributed by atoms with Gasteiger partial charge in [0.1, 0.15) is 5.75 Å². The number of halogens is 1. The lowest BCUT2D eigenvalue weighted by atomic mass is 10.0. The van der Waals surface area contributed by atoms with Gasteiger partial charge in [0.2, 0.25) is 15.9 Å². The molecular formula is C19H23ClN2O4S. The first-order chi connectivity index (χ1) is 12.7. The lowest BCUT2D eigenvalue weighted by molar-refractivity contribution is -0.122. The summed E-state index contributed by atoms with van der Waals surface area (Å²) in [6.07, 6.45) is 1.03. The molecule has 0 aromatic heterocycles. The number of ether oxygens (including phenoxy) is 1. The SMILES string of the molecule is COc1ccc([C@@H](C)NC(=O)C[C@H](NS(C)(=O)=O)c2ccc(Cl)cc2)cc1. The highest BCUT2D eigenvalue weighted by Gasteiger charge is 2.21. The Hall–Kier alpha value is -2.09. The number of benzene rings is 2. The topological polar surface area (TPSA) is 84.5 Å². The molecule has 8 heteroatoms. The molecule has 2 atom stereocenters. The summed E-state index contributed by atoms with van der Waals surface area (Å²) in [4.78, 5) is 12.5. The molecule has 0 aliphatic carbocycles. The van der Waals surface area contributed by atoms with Crippen LogP contribution in [0.5, 0.6) is 5.75 Å². The Balaban J connectivity index is 2.08. The lowest BCUT2D eigenvalue weighted by Gasteiger charge is -2.20. The van der Waals surface area contributed by atoms with Crippen molar-refractivity contribution in [2.24, 2.45) is 0 Å². The van der Waals surface area contributed by atoms with Gasteiger partial charge >= 0.3 is 0 Å². The largest absolute Gasteiger partial charge is 0.497 e. The second-order valence-corrected chi connectivity index (χ2v) is 8.48. The number of hydrogen-bond acceptors (Lipinski definition) is 4. The van der Waals surface area contributed by atoms with Gasteiger partial charge in [0, 0.05) is 11.4 Å². The van der Waals surface area contributed by atoms with Gasteiger partial charge in [-0.25, -0.2) is 13.1 Å². The van der Waals surface area contributed by atoms with Crippen LogP contribution in [-0.4, -0.2) is 27.7 Å². The van der Waals surface area contributed by atoms with Crippen molar-refractivity contribution in [2.75, 3.05) is 13.4 Å². The molecule has 2 N–H and O–H groups in total. The fourth-order valence-electron chi connectivity index (χ4n) is 2.64. The zero-order valence-electron chi connectivity index (χ0n) is 15.4. The highest BCUT2D eigenvalue weighted by Crippen LogP contribution is 2.22. The van der Waals surface area contributed by atoms with Crippen molar-refractivity contribution in [3.8, 4) is 5.75 Å². The van der Waals surface area contributed by atoms with E-state index in [4.69, 9.17) is 16.3 Å². The molecule has 2 aromatic rings. The predicted molar refractivity (Wildman–Crippen MR) is 106 cm³/mol. The summed E-state index contributed by atoms with van der Waals surface area (Å²) in [6.45, 7) is 1.86. The molecule has 146 valence electrons. The smallest absolute Gasteiger partial charge is 0.222 e. The summed E-state index contributed by atoms with van der Waals surface area (Å²) in [6, 6.07) is 13.2. The standard InChI is InChI=1S/C19H23ClN2O4S/c1-13(14-6-10-17(26-2)11-7-14)21-19(23)12-18(22-27(3,24)25)15-4-8-16(20)9-5-15/h4-11,13,18,22H,12H2,1-3H3,(H,21,23)/t13-,18+/m1/s1. The van der Waals surface area contributed by atoms with Gasteiger partial charge in [0.15, 0.2) is 0 Å². The van der Waals surface area contributed by atoms with Gasteiger partial charge in [-0.3, -0.25) is 4.79 Å². The number of amides is 1. The van der Waals surface area contributed by atoms with E-state index < -0.39 is 16.1 Å². The quantitative estimate of drug-likeness (QED) is 0.699. The van der Waals surface area contributed by atoms with Crippen molar-refractivity contribution in [3.05, 3.63) is 64.7 Å². The summed E-state index contributed by atoms with van der Waals surface area (Å²) in [5.74, 6) is 0.465. The maximum absolute atomic E-state index is 12.5. The Morgan fingerprint density at radius 3 is 2.15 bits per heavy atom. The van der Waals surface area contributed by atoms with E-state index in [2.05, 4.69) is 10.0 Å². The normalized spacial score (nSPS) is 13.6. The van der Waals surface area contributed by atoms with Gasteiger partial charge in [-0.1, -0.05) is 35.9 Å². The Labute approximate surface area is 164 Å². The van der Waals surface area contributed by atoms with Crippen molar-refractivity contribution < 1.29 is 17.9 Å². The molecule has 2 rings (SSSR count). The molecule has 0 heterocycles. The Kier molecular flexibility index (Phi) is 7.24. The Morgan fingerprint density at radius 2 is 1.63 bits per heavy atom. The van der Waals surface area contributed by atoms with Crippen LogP contribution in [0.15, 0.2) is 48.5 Å². The summed E-state index contributed by atoms with van der Waals surface area (Å²) in [5.41, 5.74) is 1.58. The van der Waals surface area contributed by atoms with Crippen LogP contribution < -0.4 is 14.8 Å². The molecule has 6 nitrogen and oxygen atoms in total. The Morgan fingerprint density at radius 1 is 1.07 bits per heavy atom. The molecular weight excluding hydrogens is 388 g/mol. The van der Waals surface area contributed by atoms with Crippen molar-refractivity contribution in [2.45, 2.75) is 25.4 Å². The minimum atomic E-state index is -3.49. The van der Waals surface area contributed by atoms with Crippen LogP contribution in [0.25, 0.3) is 0 Å². The summed E-state index contributed by atoms with van der Waals surface area (Å²) >= 11 is 5.89. The molecule has 0 radical (unpaired) electrons. The summed E-state index contributed by atoms with van der Waals surface area (Å²) in [5, 5.41) is 3.43. The first kappa shape index (κ1) is 21.2. The van der Waals surface area contributed by atoms with Gasteiger partial charge in [-0.05, 0) is 42.3 Å². The number of carbonyl (C=O) groups is 1. The highest BCUT2D eigenvalue weighted by molar-refractivity contribution is 7.88. The van der Waals surface area contributed by atoms with Crippen LogP contribution >= 0.6 is 11.6 Å². The molecule has 27 heavy (non-hydrogen) atoms. The van der Waals surface area contributed by atoms with E-state index in [9.17, 15) is 13.2 Å². The third-order valence-corrected chi connectivity index (χ3v) is 4.98. The van der Waals surface area contributed by atoms with Crippen LogP contribution in [0.4, 0.5) is 0 Å². The van der Waals surface area contributed by atoms with Crippen LogP contribution in [0.2, 0.25) is 5.02 Å². The number of rotatable bonds is 8. The minimum Gasteiger partial charge on any atom is -0.497 e. The molecule has 0 bridgehead atoms. The fourth-order valence-corrected chi connectivity index (χ4v) is 3.51. The van der Waals surface area contributed by atoms with E-state index in [1.165, 1.54) is 0 Å². The average Bonchev–Trinajstić information content (AvgIpc) is 2.60. The molecule has 0 aliphatic heterocycles. The summed E-state index contributed by atoms with van der Waals surface area (Å²) in [7, 11) is -1.90. The monoisotopic (exact) mass is 410 g/mol. The highest BCUT2D eigenvalue weighted by atomic mass is 35.5. The second kappa shape index (κ2) is 9.21. The van der Waals surface area contributed by atoms with E-state index in [0.29, 0.717) is 10.6 Å². The van der Waals surface area contributed by atoms with Gasteiger partial charge in [-0.2, -0.15) is 0 Å². The van der Waals surface area contributed by atoms with Crippen molar-refractivity contribution in [1.82, 2.24) is 10.0 Å². The molecule has 0 unspecified atom stereocenters. The van der Waals surface area contributed by atoms with Gasteiger partial charge in [-0.15, -0.1) is 0 Å². The average molecular weight is 411 g/mol. The van der Waals surface area contributed by atoms with E-state index in [-0.39, 0.29) is 18.4 Å². The first-order valence-corrected chi connectivity index (χ1v) is 10.6. The third kappa shape index (κ3) is 6.86. The van der Waals surface area contributed by atoms with Crippen LogP contribution in [0.1, 0.15) is 36.6 Å². The van der Waals surface area contributed by atoms with E-state index in [0.717, 1.165) is 17.6 Å². The van der Waals surface area contributed by atoms with Crippen LogP contribution in [0.3, 0.4) is 0 Å². The number of nitrogens with one attached hydrogen (secondary N) is 2. The molecule has 0 spiro atoms. The maximum atomic E-state index is 12.5. The lowest BCUT2D eigenvalue weighted by Crippen LogP contribution is -2.34. The molecule has 1 amide bonds. The van der Waals surface area contributed by atoms with Gasteiger partial charge in [0.05, 0.1) is 25.4 Å². The van der Waals surface area contributed by atoms with Crippen molar-refractivity contribution in [1.29, 1.82) is 0 Å². The zero-order chi connectivity index (χ0) is 20.0. The van der Waals surface area contributed by atoms with Crippen molar-refractivity contribution in [3.63, 3.8) is 0 Å². The zero-order valence-corrected chi connectivity index (χ0v) is 17.0. The number of methoxy groups -OCH3 is 1. The third-order valence-electron chi connectivity index (χ3n) is 4.01. The second-order valence-electron chi connectivity index (χ2n) is 6.26. The summed E-state index contributed by atoms with van der Waals surface area (Å²) < 4.78 is 31.0. The molecule has 0 saturated heterocycles. The molecule has 0 saturated carbocycles. The first-order valence-electron chi connectivity index (χ1n) is 8.34. The predicted octanol–water partition coefficient (Wildman–Crippen LogP) is 3.21. The van der Waals surface area contributed by atoms with E-state index in [1.807, 2.05) is 31.2 Å². The van der Waals surface area contributed by atoms with Crippen LogP contribution in [-0.2, 0) is 14.8 Å². The van der Waals surface area contributed by atoms with Gasteiger partial charge < -0.3 is 10.1 Å². The van der Waals surface area contributed by atoms with E-state index >= 15 is 0 Å². The Bertz CT molecular complexity index is 868. The number of sulfonamides is 1. The van der Waals surface area contributed by atoms with Gasteiger partial charge in [0.25, 0.3) is 0 Å². The van der Waals surface area contributed by atoms with Crippen LogP contribution in [0, 0.1) is 0 Å². The molecule has 2 aromatic carbocycles. The fraction of sp³-hybridized carbons (Fsp3) is 0.316. The molecule has 0 aliphatic rings. The van der Waals surface area contributed by atoms with Crippen molar-refractivity contribution >= 4 is 27.5 Å². The maximum Gasteiger partial charge on any atom is 0.222 e. The number of hydrogen-bond donors (Lipinski definition) is 2. The molecule has 0 fully saturated rings. The van der Waals surface area contributed by atoms with E-state index in [1.54, 1.807) is 31.4 Å². The number of carbonyl (C=O) groups excluding carboxylic acids is 1.